The first-order valence-electron chi connectivity index (χ1n) is 5.86. The molecule has 0 aromatic heterocycles. The van der Waals surface area contributed by atoms with Crippen molar-refractivity contribution in [2.75, 3.05) is 19.7 Å². The molecule has 1 aromatic carbocycles. The van der Waals surface area contributed by atoms with Crippen molar-refractivity contribution in [2.45, 2.75) is 19.4 Å². The van der Waals surface area contributed by atoms with Crippen molar-refractivity contribution >= 4 is 11.6 Å². The van der Waals surface area contributed by atoms with Crippen LogP contribution in [0.3, 0.4) is 0 Å². The first kappa shape index (κ1) is 11.9. The van der Waals surface area contributed by atoms with Gasteiger partial charge in [0.15, 0.2) is 0 Å². The zero-order valence-corrected chi connectivity index (χ0v) is 10.2. The van der Waals surface area contributed by atoms with Gasteiger partial charge in [-0.15, -0.1) is 0 Å². The molecule has 1 heterocycles. The molecular formula is C13H18ClNO. The van der Waals surface area contributed by atoms with Crippen LogP contribution < -0.4 is 0 Å². The number of hydrogen-bond acceptors (Lipinski definition) is 2. The van der Waals surface area contributed by atoms with Gasteiger partial charge in [-0.25, -0.2) is 0 Å². The highest BCUT2D eigenvalue weighted by atomic mass is 35.5. The summed E-state index contributed by atoms with van der Waals surface area (Å²) in [5, 5.41) is 10.0. The molecule has 0 spiro atoms. The molecule has 0 bridgehead atoms. The molecule has 0 radical (unpaired) electrons. The molecule has 1 aliphatic heterocycles. The largest absolute Gasteiger partial charge is 0.396 e. The summed E-state index contributed by atoms with van der Waals surface area (Å²) < 4.78 is 0. The maximum absolute atomic E-state index is 9.18. The van der Waals surface area contributed by atoms with Crippen LogP contribution in [-0.2, 0) is 6.54 Å². The summed E-state index contributed by atoms with van der Waals surface area (Å²) in [6.07, 6.45) is 2.32. The van der Waals surface area contributed by atoms with E-state index in [2.05, 4.69) is 11.0 Å². The van der Waals surface area contributed by atoms with E-state index in [-0.39, 0.29) is 0 Å². The van der Waals surface area contributed by atoms with Gasteiger partial charge in [-0.05, 0) is 36.9 Å². The van der Waals surface area contributed by atoms with E-state index in [0.29, 0.717) is 12.5 Å². The van der Waals surface area contributed by atoms with Crippen molar-refractivity contribution in [3.8, 4) is 0 Å². The number of rotatable bonds is 3. The quantitative estimate of drug-likeness (QED) is 0.877. The SMILES string of the molecule is OC[C@@H]1CCCN(Cc2ccccc2Cl)C1. The van der Waals surface area contributed by atoms with Gasteiger partial charge in [-0.2, -0.15) is 0 Å². The van der Waals surface area contributed by atoms with Crippen LogP contribution in [0.1, 0.15) is 18.4 Å². The number of hydrogen-bond donors (Lipinski definition) is 1. The number of nitrogens with zero attached hydrogens (tertiary/aromatic N) is 1. The summed E-state index contributed by atoms with van der Waals surface area (Å²) in [6.45, 7) is 3.30. The van der Waals surface area contributed by atoms with Crippen molar-refractivity contribution in [2.24, 2.45) is 5.92 Å². The maximum Gasteiger partial charge on any atom is 0.0471 e. The Bertz CT molecular complexity index is 342. The first-order chi connectivity index (χ1) is 7.79. The van der Waals surface area contributed by atoms with Crippen molar-refractivity contribution in [3.05, 3.63) is 34.9 Å². The third-order valence-corrected chi connectivity index (χ3v) is 3.58. The Balaban J connectivity index is 1.97. The lowest BCUT2D eigenvalue weighted by Gasteiger charge is -2.31. The van der Waals surface area contributed by atoms with Crippen molar-refractivity contribution in [3.63, 3.8) is 0 Å². The average Bonchev–Trinajstić information content (AvgIpc) is 2.32. The number of aliphatic hydroxyl groups is 1. The molecular weight excluding hydrogens is 222 g/mol. The number of likely N-dealkylation sites (tertiary alicyclic amines) is 1. The second-order valence-electron chi connectivity index (χ2n) is 4.52. The second-order valence-corrected chi connectivity index (χ2v) is 4.92. The predicted octanol–water partition coefficient (Wildman–Crippen LogP) is 2.54. The topological polar surface area (TPSA) is 23.5 Å². The summed E-state index contributed by atoms with van der Waals surface area (Å²) in [7, 11) is 0. The molecule has 2 nitrogen and oxygen atoms in total. The highest BCUT2D eigenvalue weighted by Gasteiger charge is 2.19. The first-order valence-corrected chi connectivity index (χ1v) is 6.24. The Hall–Kier alpha value is -0.570. The summed E-state index contributed by atoms with van der Waals surface area (Å²) in [6, 6.07) is 7.99. The van der Waals surface area contributed by atoms with Gasteiger partial charge >= 0.3 is 0 Å². The zero-order valence-electron chi connectivity index (χ0n) is 9.40. The van der Waals surface area contributed by atoms with E-state index in [1.165, 1.54) is 12.0 Å². The number of halogens is 1. The summed E-state index contributed by atoms with van der Waals surface area (Å²) in [4.78, 5) is 2.38. The van der Waals surface area contributed by atoms with Gasteiger partial charge < -0.3 is 5.11 Å². The molecule has 1 atom stereocenters. The van der Waals surface area contributed by atoms with E-state index in [1.54, 1.807) is 0 Å². The van der Waals surface area contributed by atoms with Gasteiger partial charge in [-0.1, -0.05) is 29.8 Å². The van der Waals surface area contributed by atoms with E-state index in [9.17, 15) is 5.11 Å². The van der Waals surface area contributed by atoms with Gasteiger partial charge in [0.05, 0.1) is 0 Å². The lowest BCUT2D eigenvalue weighted by atomic mass is 9.98. The van der Waals surface area contributed by atoms with Crippen LogP contribution in [-0.4, -0.2) is 29.7 Å². The fraction of sp³-hybridized carbons (Fsp3) is 0.538. The van der Waals surface area contributed by atoms with Crippen LogP contribution >= 0.6 is 11.6 Å². The molecule has 2 rings (SSSR count). The molecule has 1 fully saturated rings. The van der Waals surface area contributed by atoms with Crippen molar-refractivity contribution in [1.29, 1.82) is 0 Å². The molecule has 1 aromatic rings. The molecule has 0 saturated carbocycles. The van der Waals surface area contributed by atoms with Crippen LogP contribution in [0.4, 0.5) is 0 Å². The minimum absolute atomic E-state index is 0.305. The highest BCUT2D eigenvalue weighted by molar-refractivity contribution is 6.31. The fourth-order valence-corrected chi connectivity index (χ4v) is 2.51. The number of aliphatic hydroxyl groups excluding tert-OH is 1. The van der Waals surface area contributed by atoms with E-state index in [1.807, 2.05) is 18.2 Å². The molecule has 1 saturated heterocycles. The predicted molar refractivity (Wildman–Crippen MR) is 66.5 cm³/mol. The van der Waals surface area contributed by atoms with Gasteiger partial charge in [0.25, 0.3) is 0 Å². The lowest BCUT2D eigenvalue weighted by Crippen LogP contribution is -2.36. The molecule has 0 amide bonds. The second kappa shape index (κ2) is 5.67. The standard InChI is InChI=1S/C13H18ClNO/c14-13-6-2-1-5-12(13)9-15-7-3-4-11(8-15)10-16/h1-2,5-6,11,16H,3-4,7-10H2/t11-/m1/s1. The van der Waals surface area contributed by atoms with Crippen LogP contribution in [0.25, 0.3) is 0 Å². The average molecular weight is 240 g/mol. The maximum atomic E-state index is 9.18. The third-order valence-electron chi connectivity index (χ3n) is 3.21. The normalized spacial score (nSPS) is 22.2. The zero-order chi connectivity index (χ0) is 11.4. The molecule has 3 heteroatoms. The lowest BCUT2D eigenvalue weighted by molar-refractivity contribution is 0.116. The van der Waals surface area contributed by atoms with E-state index >= 15 is 0 Å². The molecule has 0 aliphatic carbocycles. The van der Waals surface area contributed by atoms with E-state index in [0.717, 1.165) is 31.1 Å². The Morgan fingerprint density at radius 3 is 2.94 bits per heavy atom. The minimum atomic E-state index is 0.305. The van der Waals surface area contributed by atoms with Crippen molar-refractivity contribution in [1.82, 2.24) is 4.90 Å². The van der Waals surface area contributed by atoms with Crippen LogP contribution in [0, 0.1) is 5.92 Å². The van der Waals surface area contributed by atoms with Gasteiger partial charge in [0.1, 0.15) is 0 Å². The molecule has 16 heavy (non-hydrogen) atoms. The van der Waals surface area contributed by atoms with Crippen molar-refractivity contribution < 1.29 is 5.11 Å². The third kappa shape index (κ3) is 2.97. The molecule has 0 unspecified atom stereocenters. The monoisotopic (exact) mass is 239 g/mol. The summed E-state index contributed by atoms with van der Waals surface area (Å²) in [5.41, 5.74) is 1.18. The van der Waals surface area contributed by atoms with E-state index < -0.39 is 0 Å². The Kier molecular flexibility index (Phi) is 4.22. The number of benzene rings is 1. The van der Waals surface area contributed by atoms with Crippen LogP contribution in [0.2, 0.25) is 5.02 Å². The highest BCUT2D eigenvalue weighted by Crippen LogP contribution is 2.21. The number of piperidine rings is 1. The Labute approximate surface area is 102 Å². The van der Waals surface area contributed by atoms with Gasteiger partial charge in [0, 0.05) is 24.7 Å². The summed E-state index contributed by atoms with van der Waals surface area (Å²) >= 11 is 6.14. The fourth-order valence-electron chi connectivity index (χ4n) is 2.31. The Morgan fingerprint density at radius 1 is 1.38 bits per heavy atom. The van der Waals surface area contributed by atoms with Crippen LogP contribution in [0.5, 0.6) is 0 Å². The molecule has 1 N–H and O–H groups in total. The van der Waals surface area contributed by atoms with Gasteiger partial charge in [-0.3, -0.25) is 4.90 Å². The summed E-state index contributed by atoms with van der Waals surface area (Å²) in [5.74, 6) is 0.441. The van der Waals surface area contributed by atoms with Gasteiger partial charge in [0.2, 0.25) is 0 Å². The van der Waals surface area contributed by atoms with Crippen LogP contribution in [0.15, 0.2) is 24.3 Å². The Morgan fingerprint density at radius 2 is 2.19 bits per heavy atom. The van der Waals surface area contributed by atoms with E-state index in [4.69, 9.17) is 11.6 Å². The smallest absolute Gasteiger partial charge is 0.0471 e. The molecule has 88 valence electrons. The minimum Gasteiger partial charge on any atom is -0.396 e. The molecule has 1 aliphatic rings.